The van der Waals surface area contributed by atoms with Crippen LogP contribution in [0.1, 0.15) is 32.3 Å². The van der Waals surface area contributed by atoms with E-state index in [0.29, 0.717) is 12.2 Å². The van der Waals surface area contributed by atoms with E-state index in [1.54, 1.807) is 21.0 Å². The zero-order valence-electron chi connectivity index (χ0n) is 13.4. The molecule has 1 saturated heterocycles. The summed E-state index contributed by atoms with van der Waals surface area (Å²) in [5.74, 6) is 2.90. The second kappa shape index (κ2) is 7.27. The first-order chi connectivity index (χ1) is 10.4. The van der Waals surface area contributed by atoms with Gasteiger partial charge in [-0.3, -0.25) is 4.79 Å². The topological polar surface area (TPSA) is 55.8 Å². The minimum atomic E-state index is -0.800. The molecule has 0 aliphatic carbocycles. The van der Waals surface area contributed by atoms with E-state index in [4.69, 9.17) is 9.47 Å². The fourth-order valence-electron chi connectivity index (χ4n) is 2.48. The third kappa shape index (κ3) is 4.32. The monoisotopic (exact) mass is 324 g/mol. The summed E-state index contributed by atoms with van der Waals surface area (Å²) in [6, 6.07) is 5.71. The van der Waals surface area contributed by atoms with Gasteiger partial charge in [0.1, 0.15) is 6.10 Å². The highest BCUT2D eigenvalue weighted by molar-refractivity contribution is 7.99. The lowest BCUT2D eigenvalue weighted by atomic mass is 9.86. The van der Waals surface area contributed by atoms with Crippen molar-refractivity contribution in [1.29, 1.82) is 0 Å². The first-order valence-electron chi connectivity index (χ1n) is 7.57. The molecule has 122 valence electrons. The van der Waals surface area contributed by atoms with Gasteiger partial charge >= 0.3 is 5.97 Å². The molecule has 5 heteroatoms. The number of carbonyl (C=O) groups is 1. The number of benzene rings is 1. The second-order valence-electron chi connectivity index (χ2n) is 6.28. The number of ether oxygens (including phenoxy) is 2. The molecule has 1 aliphatic rings. The second-order valence-corrected chi connectivity index (χ2v) is 7.51. The Morgan fingerprint density at radius 3 is 2.59 bits per heavy atom. The smallest absolute Gasteiger partial charge is 0.309 e. The molecule has 1 heterocycles. The largest absolute Gasteiger partial charge is 0.493 e. The predicted molar refractivity (Wildman–Crippen MR) is 89.1 cm³/mol. The summed E-state index contributed by atoms with van der Waals surface area (Å²) in [5.41, 5.74) is 0.143. The van der Waals surface area contributed by atoms with Crippen LogP contribution in [-0.4, -0.2) is 35.8 Å². The average molecular weight is 324 g/mol. The van der Waals surface area contributed by atoms with Crippen molar-refractivity contribution in [2.24, 2.45) is 5.41 Å². The molecule has 1 aromatic carbocycles. The lowest BCUT2D eigenvalue weighted by Crippen LogP contribution is -2.26. The zero-order chi connectivity index (χ0) is 16.2. The van der Waals surface area contributed by atoms with Crippen molar-refractivity contribution in [3.05, 3.63) is 23.8 Å². The molecule has 0 saturated carbocycles. The van der Waals surface area contributed by atoms with Crippen LogP contribution < -0.4 is 9.47 Å². The van der Waals surface area contributed by atoms with Crippen molar-refractivity contribution in [2.45, 2.75) is 39.2 Å². The number of carboxylic acid groups (broad SMARTS) is 1. The highest BCUT2D eigenvalue weighted by Gasteiger charge is 2.28. The van der Waals surface area contributed by atoms with E-state index in [1.165, 1.54) is 0 Å². The van der Waals surface area contributed by atoms with Gasteiger partial charge in [-0.1, -0.05) is 6.07 Å². The van der Waals surface area contributed by atoms with Crippen molar-refractivity contribution >= 4 is 17.7 Å². The van der Waals surface area contributed by atoms with Gasteiger partial charge in [-0.2, -0.15) is 11.8 Å². The number of rotatable bonds is 6. The maximum atomic E-state index is 11.3. The summed E-state index contributed by atoms with van der Waals surface area (Å²) in [5, 5.41) is 9.24. The Hall–Kier alpha value is -1.36. The number of thioether (sulfide) groups is 1. The maximum absolute atomic E-state index is 11.3. The predicted octanol–water partition coefficient (Wildman–Crippen LogP) is 3.62. The number of hydrogen-bond acceptors (Lipinski definition) is 4. The lowest BCUT2D eigenvalue weighted by Gasteiger charge is -2.24. The highest BCUT2D eigenvalue weighted by Crippen LogP contribution is 2.33. The van der Waals surface area contributed by atoms with Gasteiger partial charge in [-0.05, 0) is 62.3 Å². The summed E-state index contributed by atoms with van der Waals surface area (Å²) < 4.78 is 11.5. The molecule has 0 amide bonds. The normalized spacial score (nSPS) is 16.3. The van der Waals surface area contributed by atoms with Crippen molar-refractivity contribution in [1.82, 2.24) is 0 Å². The van der Waals surface area contributed by atoms with E-state index in [0.717, 1.165) is 35.7 Å². The van der Waals surface area contributed by atoms with E-state index in [-0.39, 0.29) is 6.10 Å². The number of methoxy groups -OCH3 is 1. The van der Waals surface area contributed by atoms with Crippen LogP contribution in [0.3, 0.4) is 0 Å². The quantitative estimate of drug-likeness (QED) is 0.866. The lowest BCUT2D eigenvalue weighted by molar-refractivity contribution is -0.146. The standard InChI is InChI=1S/C17H24O4S/c1-17(2,16(18)19)11-12-4-5-14(15(10-12)20-3)21-13-6-8-22-9-7-13/h4-5,10,13H,6-9,11H2,1-3H3,(H,18,19). The molecule has 1 fully saturated rings. The van der Waals surface area contributed by atoms with Crippen LogP contribution in [-0.2, 0) is 11.2 Å². The Bertz CT molecular complexity index is 521. The fourth-order valence-corrected chi connectivity index (χ4v) is 3.54. The van der Waals surface area contributed by atoms with Crippen LogP contribution in [0.5, 0.6) is 11.5 Å². The SMILES string of the molecule is COc1cc(CC(C)(C)C(=O)O)ccc1OC1CCSCC1. The van der Waals surface area contributed by atoms with Crippen LogP contribution in [0.25, 0.3) is 0 Å². The molecule has 0 spiro atoms. The Kier molecular flexibility index (Phi) is 5.62. The van der Waals surface area contributed by atoms with Crippen LogP contribution in [0.2, 0.25) is 0 Å². The Labute approximate surface area is 136 Å². The van der Waals surface area contributed by atoms with E-state index < -0.39 is 11.4 Å². The highest BCUT2D eigenvalue weighted by atomic mass is 32.2. The van der Waals surface area contributed by atoms with Crippen LogP contribution in [0.4, 0.5) is 0 Å². The Balaban J connectivity index is 2.11. The molecule has 0 bridgehead atoms. The van der Waals surface area contributed by atoms with Crippen molar-refractivity contribution in [3.63, 3.8) is 0 Å². The van der Waals surface area contributed by atoms with E-state index >= 15 is 0 Å². The third-order valence-electron chi connectivity index (χ3n) is 3.92. The van der Waals surface area contributed by atoms with Gasteiger partial charge < -0.3 is 14.6 Å². The van der Waals surface area contributed by atoms with E-state index in [1.807, 2.05) is 30.0 Å². The van der Waals surface area contributed by atoms with Crippen molar-refractivity contribution in [3.8, 4) is 11.5 Å². The van der Waals surface area contributed by atoms with Crippen LogP contribution in [0, 0.1) is 5.41 Å². The van der Waals surface area contributed by atoms with E-state index in [9.17, 15) is 9.90 Å². The molecular formula is C17H24O4S. The van der Waals surface area contributed by atoms with Gasteiger partial charge in [0.15, 0.2) is 11.5 Å². The van der Waals surface area contributed by atoms with Gasteiger partial charge in [0.05, 0.1) is 12.5 Å². The van der Waals surface area contributed by atoms with Gasteiger partial charge in [0.25, 0.3) is 0 Å². The molecule has 1 aliphatic heterocycles. The molecular weight excluding hydrogens is 300 g/mol. The Morgan fingerprint density at radius 2 is 2.00 bits per heavy atom. The molecule has 0 radical (unpaired) electrons. The van der Waals surface area contributed by atoms with Crippen LogP contribution >= 0.6 is 11.8 Å². The number of aliphatic carboxylic acids is 1. The average Bonchev–Trinajstić information content (AvgIpc) is 2.49. The van der Waals surface area contributed by atoms with Crippen LogP contribution in [0.15, 0.2) is 18.2 Å². The number of hydrogen-bond donors (Lipinski definition) is 1. The zero-order valence-corrected chi connectivity index (χ0v) is 14.2. The maximum Gasteiger partial charge on any atom is 0.309 e. The molecule has 0 unspecified atom stereocenters. The summed E-state index contributed by atoms with van der Waals surface area (Å²) in [4.78, 5) is 11.3. The molecule has 1 N–H and O–H groups in total. The minimum absolute atomic E-state index is 0.247. The Morgan fingerprint density at radius 1 is 1.32 bits per heavy atom. The van der Waals surface area contributed by atoms with Crippen molar-refractivity contribution < 1.29 is 19.4 Å². The van der Waals surface area contributed by atoms with Gasteiger partial charge in [-0.15, -0.1) is 0 Å². The molecule has 22 heavy (non-hydrogen) atoms. The van der Waals surface area contributed by atoms with Gasteiger partial charge in [0, 0.05) is 0 Å². The molecule has 2 rings (SSSR count). The summed E-state index contributed by atoms with van der Waals surface area (Å²) in [7, 11) is 1.62. The fraction of sp³-hybridized carbons (Fsp3) is 0.588. The summed E-state index contributed by atoms with van der Waals surface area (Å²) >= 11 is 1.96. The van der Waals surface area contributed by atoms with E-state index in [2.05, 4.69) is 0 Å². The minimum Gasteiger partial charge on any atom is -0.493 e. The molecule has 4 nitrogen and oxygen atoms in total. The third-order valence-corrected chi connectivity index (χ3v) is 4.96. The summed E-state index contributed by atoms with van der Waals surface area (Å²) in [6.45, 7) is 3.46. The molecule has 1 aromatic rings. The first-order valence-corrected chi connectivity index (χ1v) is 8.72. The molecule has 0 aromatic heterocycles. The van der Waals surface area contributed by atoms with Gasteiger partial charge in [0.2, 0.25) is 0 Å². The van der Waals surface area contributed by atoms with Crippen molar-refractivity contribution in [2.75, 3.05) is 18.6 Å². The molecule has 0 atom stereocenters. The van der Waals surface area contributed by atoms with Gasteiger partial charge in [-0.25, -0.2) is 0 Å². The first kappa shape index (κ1) is 17.0. The summed E-state index contributed by atoms with van der Waals surface area (Å²) in [6.07, 6.45) is 2.82. The number of carboxylic acids is 1.